The molecule has 4 N–H and O–H groups in total. The second-order valence-electron chi connectivity index (χ2n) is 6.01. The first-order chi connectivity index (χ1) is 9.61. The lowest BCUT2D eigenvalue weighted by Gasteiger charge is -2.33. The number of hydrogen-bond acceptors (Lipinski definition) is 4. The first-order valence-corrected chi connectivity index (χ1v) is 7.77. The first-order valence-electron chi connectivity index (χ1n) is 7.77. The van der Waals surface area contributed by atoms with Gasteiger partial charge in [-0.3, -0.25) is 19.6 Å². The van der Waals surface area contributed by atoms with Crippen LogP contribution in [0.4, 0.5) is 0 Å². The molecule has 0 unspecified atom stereocenters. The normalized spacial score (nSPS) is 21.5. The molecule has 0 bridgehead atoms. The summed E-state index contributed by atoms with van der Waals surface area (Å²) in [6, 6.07) is -0.0279. The average molecular weight is 282 g/mol. The van der Waals surface area contributed by atoms with Gasteiger partial charge in [-0.2, -0.15) is 0 Å². The highest BCUT2D eigenvalue weighted by atomic mass is 16.2. The molecule has 0 aromatic carbocycles. The van der Waals surface area contributed by atoms with Crippen LogP contribution in [0.25, 0.3) is 0 Å². The molecule has 2 aliphatic rings. The largest absolute Gasteiger partial charge is 0.327 e. The second kappa shape index (κ2) is 7.04. The van der Waals surface area contributed by atoms with Crippen molar-refractivity contribution in [1.29, 1.82) is 0 Å². The highest BCUT2D eigenvalue weighted by molar-refractivity contribution is 6.34. The van der Waals surface area contributed by atoms with Crippen molar-refractivity contribution in [1.82, 2.24) is 10.0 Å². The van der Waals surface area contributed by atoms with E-state index in [1.54, 1.807) is 0 Å². The highest BCUT2D eigenvalue weighted by Gasteiger charge is 2.33. The molecule has 20 heavy (non-hydrogen) atoms. The Balaban J connectivity index is 1.91. The van der Waals surface area contributed by atoms with E-state index < -0.39 is 11.8 Å². The summed E-state index contributed by atoms with van der Waals surface area (Å²) in [7, 11) is 0. The molecule has 2 saturated carbocycles. The molecule has 6 heteroatoms. The van der Waals surface area contributed by atoms with Crippen molar-refractivity contribution in [2.75, 3.05) is 0 Å². The van der Waals surface area contributed by atoms with Gasteiger partial charge in [-0.25, -0.2) is 11.7 Å². The summed E-state index contributed by atoms with van der Waals surface area (Å²) < 4.78 is 0. The Morgan fingerprint density at radius 2 is 0.950 bits per heavy atom. The van der Waals surface area contributed by atoms with Crippen molar-refractivity contribution >= 4 is 11.8 Å². The molecule has 0 aromatic heterocycles. The maximum absolute atomic E-state index is 12.2. The zero-order valence-corrected chi connectivity index (χ0v) is 12.1. The number of hydrogen-bond donors (Lipinski definition) is 2. The summed E-state index contributed by atoms with van der Waals surface area (Å²) in [5.74, 6) is 10.4. The molecule has 0 radical (unpaired) electrons. The molecular weight excluding hydrogens is 256 g/mol. The molecule has 6 nitrogen and oxygen atoms in total. The third-order valence-corrected chi connectivity index (χ3v) is 4.59. The number of nitrogens with two attached hydrogens (primary N) is 2. The zero-order valence-electron chi connectivity index (χ0n) is 12.1. The fraction of sp³-hybridized carbons (Fsp3) is 0.857. The summed E-state index contributed by atoms with van der Waals surface area (Å²) >= 11 is 0. The molecule has 0 saturated heterocycles. The van der Waals surface area contributed by atoms with Crippen LogP contribution in [0.5, 0.6) is 0 Å². The van der Waals surface area contributed by atoms with E-state index in [4.69, 9.17) is 11.7 Å². The SMILES string of the molecule is NN(C(=O)C(=O)N(N)C1CCCCC1)C1CCCCC1. The fourth-order valence-electron chi connectivity index (χ4n) is 3.27. The van der Waals surface area contributed by atoms with Crippen LogP contribution in [-0.2, 0) is 9.59 Å². The van der Waals surface area contributed by atoms with Gasteiger partial charge >= 0.3 is 11.8 Å². The predicted octanol–water partition coefficient (Wildman–Crippen LogP) is 1.06. The fourth-order valence-corrected chi connectivity index (χ4v) is 3.27. The summed E-state index contributed by atoms with van der Waals surface area (Å²) in [4.78, 5) is 24.3. The minimum absolute atomic E-state index is 0.0139. The molecule has 2 fully saturated rings. The van der Waals surface area contributed by atoms with Crippen LogP contribution in [0, 0.1) is 0 Å². The van der Waals surface area contributed by atoms with Gasteiger partial charge in [0.1, 0.15) is 0 Å². The number of hydrazine groups is 2. The van der Waals surface area contributed by atoms with Crippen molar-refractivity contribution in [3.8, 4) is 0 Å². The maximum Gasteiger partial charge on any atom is 0.327 e. The Hall–Kier alpha value is -1.14. The molecule has 2 aliphatic carbocycles. The minimum atomic E-state index is -0.662. The molecule has 0 heterocycles. The number of carbonyl (C=O) groups is 2. The topological polar surface area (TPSA) is 92.7 Å². The van der Waals surface area contributed by atoms with E-state index >= 15 is 0 Å². The number of carbonyl (C=O) groups excluding carboxylic acids is 2. The summed E-state index contributed by atoms with van der Waals surface area (Å²) in [5, 5.41) is 2.23. The van der Waals surface area contributed by atoms with E-state index in [9.17, 15) is 9.59 Å². The van der Waals surface area contributed by atoms with Crippen LogP contribution >= 0.6 is 0 Å². The van der Waals surface area contributed by atoms with Crippen LogP contribution in [0.1, 0.15) is 64.2 Å². The van der Waals surface area contributed by atoms with Crippen molar-refractivity contribution in [2.45, 2.75) is 76.3 Å². The van der Waals surface area contributed by atoms with Gasteiger partial charge in [-0.05, 0) is 25.7 Å². The van der Waals surface area contributed by atoms with E-state index in [2.05, 4.69) is 0 Å². The molecule has 2 amide bonds. The summed E-state index contributed by atoms with van der Waals surface area (Å²) in [6.45, 7) is 0. The molecule has 0 aliphatic heterocycles. The van der Waals surface area contributed by atoms with Crippen molar-refractivity contribution < 1.29 is 9.59 Å². The van der Waals surface area contributed by atoms with Gasteiger partial charge in [0.25, 0.3) is 0 Å². The second-order valence-corrected chi connectivity index (χ2v) is 6.01. The Labute approximate surface area is 120 Å². The van der Waals surface area contributed by atoms with E-state index in [0.717, 1.165) is 61.4 Å². The van der Waals surface area contributed by atoms with E-state index in [1.807, 2.05) is 0 Å². The predicted molar refractivity (Wildman–Crippen MR) is 75.8 cm³/mol. The summed E-state index contributed by atoms with van der Waals surface area (Å²) in [5.41, 5.74) is 0. The lowest BCUT2D eigenvalue weighted by atomic mass is 9.94. The molecule has 2 rings (SSSR count). The van der Waals surface area contributed by atoms with E-state index in [1.165, 1.54) is 12.8 Å². The van der Waals surface area contributed by atoms with Crippen LogP contribution in [0.2, 0.25) is 0 Å². The molecular formula is C14H26N4O2. The Morgan fingerprint density at radius 3 is 1.25 bits per heavy atom. The quantitative estimate of drug-likeness (QED) is 0.343. The van der Waals surface area contributed by atoms with Gasteiger partial charge in [0.2, 0.25) is 0 Å². The number of rotatable bonds is 2. The minimum Gasteiger partial charge on any atom is -0.269 e. The molecule has 0 aromatic rings. The highest BCUT2D eigenvalue weighted by Crippen LogP contribution is 2.23. The van der Waals surface area contributed by atoms with E-state index in [-0.39, 0.29) is 12.1 Å². The molecule has 114 valence electrons. The Kier molecular flexibility index (Phi) is 5.37. The van der Waals surface area contributed by atoms with Crippen molar-refractivity contribution in [3.05, 3.63) is 0 Å². The van der Waals surface area contributed by atoms with Crippen LogP contribution in [0.3, 0.4) is 0 Å². The van der Waals surface area contributed by atoms with Gasteiger partial charge in [-0.1, -0.05) is 38.5 Å². The first kappa shape index (κ1) is 15.3. The van der Waals surface area contributed by atoms with Gasteiger partial charge in [0.05, 0.1) is 0 Å². The van der Waals surface area contributed by atoms with Crippen LogP contribution in [-0.4, -0.2) is 33.9 Å². The maximum atomic E-state index is 12.2. The molecule has 0 spiro atoms. The van der Waals surface area contributed by atoms with E-state index in [0.29, 0.717) is 0 Å². The van der Waals surface area contributed by atoms with Gasteiger partial charge in [0.15, 0.2) is 0 Å². The van der Waals surface area contributed by atoms with Crippen molar-refractivity contribution in [2.24, 2.45) is 11.7 Å². The number of nitrogens with zero attached hydrogens (tertiary/aromatic N) is 2. The number of amides is 2. The van der Waals surface area contributed by atoms with Crippen LogP contribution < -0.4 is 11.7 Å². The summed E-state index contributed by atoms with van der Waals surface area (Å²) in [6.07, 6.45) is 10.1. The van der Waals surface area contributed by atoms with Gasteiger partial charge in [0, 0.05) is 12.1 Å². The van der Waals surface area contributed by atoms with Crippen molar-refractivity contribution in [3.63, 3.8) is 0 Å². The standard InChI is InChI=1S/C14H26N4O2/c15-17(11-7-3-1-4-8-11)13(19)14(20)18(16)12-9-5-2-6-10-12/h11-12H,1-10,15-16H2. The zero-order chi connectivity index (χ0) is 14.5. The lowest BCUT2D eigenvalue weighted by Crippen LogP contribution is -2.57. The van der Waals surface area contributed by atoms with Crippen LogP contribution in [0.15, 0.2) is 0 Å². The lowest BCUT2D eigenvalue weighted by molar-refractivity contribution is -0.155. The third kappa shape index (κ3) is 3.49. The van der Waals surface area contributed by atoms with Gasteiger partial charge < -0.3 is 0 Å². The average Bonchev–Trinajstić information content (AvgIpc) is 2.53. The Bertz CT molecular complexity index is 315. The Morgan fingerprint density at radius 1 is 0.650 bits per heavy atom. The smallest absolute Gasteiger partial charge is 0.269 e. The molecule has 0 atom stereocenters. The third-order valence-electron chi connectivity index (χ3n) is 4.59. The van der Waals surface area contributed by atoms with Gasteiger partial charge in [-0.15, -0.1) is 0 Å². The monoisotopic (exact) mass is 282 g/mol.